The summed E-state index contributed by atoms with van der Waals surface area (Å²) in [5.41, 5.74) is 6.71. The fourth-order valence-corrected chi connectivity index (χ4v) is 2.41. The molecule has 0 saturated carbocycles. The summed E-state index contributed by atoms with van der Waals surface area (Å²) >= 11 is 0. The van der Waals surface area contributed by atoms with Crippen LogP contribution in [0, 0.1) is 22.9 Å². The van der Waals surface area contributed by atoms with Crippen molar-refractivity contribution >= 4 is 5.84 Å². The number of nitrogens with one attached hydrogen (secondary N) is 1. The van der Waals surface area contributed by atoms with Crippen molar-refractivity contribution in [3.05, 3.63) is 77.4 Å². The molecule has 0 atom stereocenters. The van der Waals surface area contributed by atoms with E-state index in [1.807, 2.05) is 6.07 Å². The van der Waals surface area contributed by atoms with E-state index < -0.39 is 17.5 Å². The highest BCUT2D eigenvalue weighted by Crippen LogP contribution is 2.25. The van der Waals surface area contributed by atoms with Crippen molar-refractivity contribution in [1.29, 1.82) is 5.41 Å². The Morgan fingerprint density at radius 2 is 1.92 bits per heavy atom. The molecule has 0 aliphatic carbocycles. The third-order valence-corrected chi connectivity index (χ3v) is 3.58. The lowest BCUT2D eigenvalue weighted by Crippen LogP contribution is -2.11. The number of benzene rings is 2. The molecular weight excluding hydrogens is 317 g/mol. The van der Waals surface area contributed by atoms with Gasteiger partial charge in [0.2, 0.25) is 0 Å². The maximum atomic E-state index is 14.0. The van der Waals surface area contributed by atoms with Crippen LogP contribution in [0.25, 0.3) is 11.4 Å². The number of imidazole rings is 1. The van der Waals surface area contributed by atoms with Gasteiger partial charge in [0.25, 0.3) is 0 Å². The molecule has 0 unspecified atom stereocenters. The molecule has 122 valence electrons. The molecule has 0 amide bonds. The van der Waals surface area contributed by atoms with Gasteiger partial charge in [-0.1, -0.05) is 18.2 Å². The van der Waals surface area contributed by atoms with E-state index in [0.29, 0.717) is 12.1 Å². The van der Waals surface area contributed by atoms with Gasteiger partial charge in [0, 0.05) is 24.5 Å². The number of hydrogen-bond acceptors (Lipinski definition) is 2. The van der Waals surface area contributed by atoms with Crippen molar-refractivity contribution in [3.8, 4) is 11.4 Å². The van der Waals surface area contributed by atoms with E-state index in [1.165, 1.54) is 6.20 Å². The zero-order valence-corrected chi connectivity index (χ0v) is 12.4. The fraction of sp³-hybridized carbons (Fsp3) is 0.0588. The van der Waals surface area contributed by atoms with Crippen LogP contribution in [0.15, 0.2) is 48.8 Å². The van der Waals surface area contributed by atoms with Gasteiger partial charge in [0.1, 0.15) is 11.7 Å². The first-order valence-corrected chi connectivity index (χ1v) is 7.05. The Labute approximate surface area is 135 Å². The van der Waals surface area contributed by atoms with Crippen LogP contribution in [-0.4, -0.2) is 15.4 Å². The van der Waals surface area contributed by atoms with Gasteiger partial charge < -0.3 is 10.3 Å². The van der Waals surface area contributed by atoms with Crippen LogP contribution in [0.4, 0.5) is 13.2 Å². The molecule has 2 aromatic carbocycles. The van der Waals surface area contributed by atoms with E-state index in [4.69, 9.17) is 11.1 Å². The number of aromatic nitrogens is 2. The van der Waals surface area contributed by atoms with Crippen molar-refractivity contribution in [2.75, 3.05) is 0 Å². The molecule has 1 heterocycles. The number of nitrogens with zero attached hydrogens (tertiary/aromatic N) is 2. The second kappa shape index (κ2) is 6.19. The molecular formula is C17H13F3N4. The maximum Gasteiger partial charge on any atom is 0.195 e. The Bertz CT molecular complexity index is 918. The van der Waals surface area contributed by atoms with Crippen molar-refractivity contribution in [2.24, 2.45) is 5.73 Å². The molecule has 3 rings (SSSR count). The Hall–Kier alpha value is -3.09. The number of halogens is 3. The molecule has 3 aromatic rings. The minimum atomic E-state index is -1.53. The third kappa shape index (κ3) is 2.88. The molecule has 0 aliphatic heterocycles. The van der Waals surface area contributed by atoms with Crippen molar-refractivity contribution in [3.63, 3.8) is 0 Å². The summed E-state index contributed by atoms with van der Waals surface area (Å²) in [5.74, 6) is -3.93. The minimum absolute atomic E-state index is 0.0608. The predicted molar refractivity (Wildman–Crippen MR) is 84.1 cm³/mol. The van der Waals surface area contributed by atoms with Crippen molar-refractivity contribution in [1.82, 2.24) is 9.55 Å². The van der Waals surface area contributed by atoms with Crippen LogP contribution < -0.4 is 5.73 Å². The maximum absolute atomic E-state index is 14.0. The second-order valence-electron chi connectivity index (χ2n) is 5.22. The van der Waals surface area contributed by atoms with E-state index in [1.54, 1.807) is 29.0 Å². The van der Waals surface area contributed by atoms with Gasteiger partial charge >= 0.3 is 0 Å². The predicted octanol–water partition coefficient (Wildman–Crippen LogP) is 3.30. The molecule has 0 fully saturated rings. The molecule has 0 radical (unpaired) electrons. The third-order valence-electron chi connectivity index (χ3n) is 3.58. The Kier molecular flexibility index (Phi) is 4.07. The largest absolute Gasteiger partial charge is 0.384 e. The van der Waals surface area contributed by atoms with Gasteiger partial charge in [-0.05, 0) is 23.8 Å². The highest BCUT2D eigenvalue weighted by atomic mass is 19.2. The van der Waals surface area contributed by atoms with Gasteiger partial charge in [-0.2, -0.15) is 0 Å². The number of hydrogen-bond donors (Lipinski definition) is 2. The van der Waals surface area contributed by atoms with Crippen LogP contribution in [0.1, 0.15) is 11.1 Å². The highest BCUT2D eigenvalue weighted by molar-refractivity contribution is 5.95. The summed E-state index contributed by atoms with van der Waals surface area (Å²) in [7, 11) is 0. The monoisotopic (exact) mass is 330 g/mol. The summed E-state index contributed by atoms with van der Waals surface area (Å²) in [4.78, 5) is 4.04. The smallest absolute Gasteiger partial charge is 0.195 e. The topological polar surface area (TPSA) is 67.7 Å². The van der Waals surface area contributed by atoms with E-state index in [0.717, 1.165) is 17.7 Å². The first kappa shape index (κ1) is 15.8. The summed E-state index contributed by atoms with van der Waals surface area (Å²) in [6.45, 7) is 0.314. The zero-order valence-electron chi connectivity index (χ0n) is 12.4. The Balaban J connectivity index is 1.99. The van der Waals surface area contributed by atoms with Crippen molar-refractivity contribution in [2.45, 2.75) is 6.54 Å². The molecule has 0 bridgehead atoms. The summed E-state index contributed by atoms with van der Waals surface area (Å²) in [6, 6.07) is 9.02. The molecule has 3 N–H and O–H groups in total. The number of rotatable bonds is 4. The summed E-state index contributed by atoms with van der Waals surface area (Å²) < 4.78 is 42.2. The number of amidine groups is 1. The second-order valence-corrected chi connectivity index (χ2v) is 5.22. The zero-order chi connectivity index (χ0) is 17.3. The van der Waals surface area contributed by atoms with Crippen molar-refractivity contribution < 1.29 is 13.2 Å². The lowest BCUT2D eigenvalue weighted by atomic mass is 10.1. The molecule has 0 spiro atoms. The highest BCUT2D eigenvalue weighted by Gasteiger charge is 2.18. The van der Waals surface area contributed by atoms with Crippen LogP contribution in [0.2, 0.25) is 0 Å². The molecule has 1 aromatic heterocycles. The molecule has 0 aliphatic rings. The van der Waals surface area contributed by atoms with Crippen LogP contribution in [0.5, 0.6) is 0 Å². The van der Waals surface area contributed by atoms with E-state index >= 15 is 0 Å². The molecule has 7 heteroatoms. The van der Waals surface area contributed by atoms with E-state index in [2.05, 4.69) is 4.98 Å². The van der Waals surface area contributed by atoms with E-state index in [-0.39, 0.29) is 17.2 Å². The average Bonchev–Trinajstić information content (AvgIpc) is 3.01. The van der Waals surface area contributed by atoms with Gasteiger partial charge in [0.15, 0.2) is 17.5 Å². The molecule has 24 heavy (non-hydrogen) atoms. The van der Waals surface area contributed by atoms with E-state index in [9.17, 15) is 13.2 Å². The Morgan fingerprint density at radius 3 is 2.67 bits per heavy atom. The van der Waals surface area contributed by atoms with Crippen LogP contribution in [0.3, 0.4) is 0 Å². The summed E-state index contributed by atoms with van der Waals surface area (Å²) in [5, 5.41) is 7.46. The number of nitrogens with two attached hydrogens (primary N) is 1. The van der Waals surface area contributed by atoms with Crippen LogP contribution >= 0.6 is 0 Å². The normalized spacial score (nSPS) is 10.8. The average molecular weight is 330 g/mol. The Morgan fingerprint density at radius 1 is 1.12 bits per heavy atom. The van der Waals surface area contributed by atoms with Gasteiger partial charge in [-0.3, -0.25) is 5.41 Å². The minimum Gasteiger partial charge on any atom is -0.384 e. The fourth-order valence-electron chi connectivity index (χ4n) is 2.41. The van der Waals surface area contributed by atoms with Gasteiger partial charge in [-0.25, -0.2) is 18.2 Å². The number of nitrogen functional groups attached to an aromatic ring is 1. The molecule has 4 nitrogen and oxygen atoms in total. The van der Waals surface area contributed by atoms with Crippen LogP contribution in [-0.2, 0) is 6.54 Å². The SMILES string of the molecule is N=C(N)c1cccc(Cn2ccnc2-c2ccc(F)c(F)c2F)c1. The lowest BCUT2D eigenvalue weighted by Gasteiger charge is -2.10. The van der Waals surface area contributed by atoms with Gasteiger partial charge in [0.05, 0.1) is 5.56 Å². The summed E-state index contributed by atoms with van der Waals surface area (Å²) in [6.07, 6.45) is 3.06. The molecule has 0 saturated heterocycles. The first-order chi connectivity index (χ1) is 11.5. The standard InChI is InChI=1S/C17H13F3N4/c18-13-5-4-12(14(19)15(13)20)17-23-6-7-24(17)9-10-2-1-3-11(8-10)16(21)22/h1-8H,9H2,(H3,21,22). The van der Waals surface area contributed by atoms with Gasteiger partial charge in [-0.15, -0.1) is 0 Å². The first-order valence-electron chi connectivity index (χ1n) is 7.05. The lowest BCUT2D eigenvalue weighted by molar-refractivity contribution is 0.448. The quantitative estimate of drug-likeness (QED) is 0.438.